The Balaban J connectivity index is 2.01. The SMILES string of the molecule is Cc1ccccc1C(C)NC(=O)C(C)N1CC(C)CC(C(=O)O)C1. The van der Waals surface area contributed by atoms with Crippen molar-refractivity contribution in [3.8, 4) is 0 Å². The molecule has 2 rings (SSSR count). The molecule has 0 bridgehead atoms. The third-order valence-electron chi connectivity index (χ3n) is 4.98. The largest absolute Gasteiger partial charge is 0.481 e. The number of rotatable bonds is 5. The van der Waals surface area contributed by atoms with Crippen molar-refractivity contribution >= 4 is 11.9 Å². The Morgan fingerprint density at radius 3 is 2.54 bits per heavy atom. The highest BCUT2D eigenvalue weighted by Crippen LogP contribution is 2.24. The second kappa shape index (κ2) is 7.79. The number of carbonyl (C=O) groups excluding carboxylic acids is 1. The quantitative estimate of drug-likeness (QED) is 0.869. The zero-order valence-electron chi connectivity index (χ0n) is 15.0. The third-order valence-corrected chi connectivity index (χ3v) is 4.98. The molecule has 1 aromatic carbocycles. The Kier molecular flexibility index (Phi) is 5.99. The van der Waals surface area contributed by atoms with Gasteiger partial charge in [-0.2, -0.15) is 0 Å². The number of carboxylic acids is 1. The smallest absolute Gasteiger partial charge is 0.307 e. The highest BCUT2D eigenvalue weighted by Gasteiger charge is 2.34. The van der Waals surface area contributed by atoms with Gasteiger partial charge in [-0.3, -0.25) is 14.5 Å². The summed E-state index contributed by atoms with van der Waals surface area (Å²) in [5, 5.41) is 12.4. The average Bonchev–Trinajstić information content (AvgIpc) is 2.53. The van der Waals surface area contributed by atoms with Crippen molar-refractivity contribution in [3.63, 3.8) is 0 Å². The van der Waals surface area contributed by atoms with Crippen LogP contribution in [0.25, 0.3) is 0 Å². The minimum absolute atomic E-state index is 0.0519. The van der Waals surface area contributed by atoms with E-state index in [0.29, 0.717) is 13.0 Å². The lowest BCUT2D eigenvalue weighted by atomic mass is 9.89. The van der Waals surface area contributed by atoms with Gasteiger partial charge in [0.25, 0.3) is 0 Å². The van der Waals surface area contributed by atoms with Crippen LogP contribution in [-0.4, -0.2) is 41.0 Å². The maximum Gasteiger partial charge on any atom is 0.307 e. The Morgan fingerprint density at radius 1 is 1.25 bits per heavy atom. The van der Waals surface area contributed by atoms with E-state index in [9.17, 15) is 14.7 Å². The third kappa shape index (κ3) is 4.35. The molecular formula is C19H28N2O3. The molecule has 1 fully saturated rings. The monoisotopic (exact) mass is 332 g/mol. The van der Waals surface area contributed by atoms with Crippen molar-refractivity contribution in [2.45, 2.75) is 46.2 Å². The van der Waals surface area contributed by atoms with Crippen LogP contribution >= 0.6 is 0 Å². The molecule has 1 saturated heterocycles. The molecule has 132 valence electrons. The number of hydrogen-bond acceptors (Lipinski definition) is 3. The number of hydrogen-bond donors (Lipinski definition) is 2. The van der Waals surface area contributed by atoms with Gasteiger partial charge in [0.15, 0.2) is 0 Å². The van der Waals surface area contributed by atoms with Crippen molar-refractivity contribution in [2.24, 2.45) is 11.8 Å². The number of likely N-dealkylation sites (tertiary alicyclic amines) is 1. The molecule has 0 aromatic heterocycles. The van der Waals surface area contributed by atoms with Crippen LogP contribution < -0.4 is 5.32 Å². The zero-order valence-corrected chi connectivity index (χ0v) is 15.0. The molecular weight excluding hydrogens is 304 g/mol. The number of nitrogens with one attached hydrogen (secondary N) is 1. The van der Waals surface area contributed by atoms with Gasteiger partial charge in [-0.05, 0) is 44.2 Å². The standard InChI is InChI=1S/C19H28N2O3/c1-12-9-16(19(23)24)11-21(10-12)15(4)18(22)20-14(3)17-8-6-5-7-13(17)2/h5-8,12,14-16H,9-11H2,1-4H3,(H,20,22)(H,23,24). The van der Waals surface area contributed by atoms with Gasteiger partial charge >= 0.3 is 5.97 Å². The molecule has 1 heterocycles. The van der Waals surface area contributed by atoms with Gasteiger partial charge in [-0.1, -0.05) is 31.2 Å². The molecule has 4 unspecified atom stereocenters. The van der Waals surface area contributed by atoms with Gasteiger partial charge in [0.2, 0.25) is 5.91 Å². The fourth-order valence-corrected chi connectivity index (χ4v) is 3.54. The summed E-state index contributed by atoms with van der Waals surface area (Å²) in [5.74, 6) is -0.932. The number of nitrogens with zero attached hydrogens (tertiary/aromatic N) is 1. The first-order valence-corrected chi connectivity index (χ1v) is 8.62. The lowest BCUT2D eigenvalue weighted by molar-refractivity contribution is -0.146. The van der Waals surface area contributed by atoms with Crippen LogP contribution in [0.2, 0.25) is 0 Å². The van der Waals surface area contributed by atoms with E-state index in [0.717, 1.165) is 17.7 Å². The summed E-state index contributed by atoms with van der Waals surface area (Å²) in [6.07, 6.45) is 0.680. The number of carboxylic acid groups (broad SMARTS) is 1. The predicted molar refractivity (Wildman–Crippen MR) is 93.7 cm³/mol. The summed E-state index contributed by atoms with van der Waals surface area (Å²) in [6, 6.07) is 7.61. The van der Waals surface area contributed by atoms with E-state index >= 15 is 0 Å². The molecule has 1 aromatic rings. The van der Waals surface area contributed by atoms with E-state index in [-0.39, 0.29) is 23.9 Å². The van der Waals surface area contributed by atoms with Crippen molar-refractivity contribution in [1.82, 2.24) is 10.2 Å². The van der Waals surface area contributed by atoms with E-state index < -0.39 is 11.9 Å². The van der Waals surface area contributed by atoms with Crippen LogP contribution in [0.1, 0.15) is 44.4 Å². The number of aliphatic carboxylic acids is 1. The van der Waals surface area contributed by atoms with Crippen molar-refractivity contribution in [2.75, 3.05) is 13.1 Å². The van der Waals surface area contributed by atoms with Gasteiger partial charge in [-0.15, -0.1) is 0 Å². The topological polar surface area (TPSA) is 69.6 Å². The van der Waals surface area contributed by atoms with Gasteiger partial charge in [0.1, 0.15) is 0 Å². The Labute approximate surface area is 144 Å². The van der Waals surface area contributed by atoms with Crippen molar-refractivity contribution in [1.29, 1.82) is 0 Å². The van der Waals surface area contributed by atoms with Crippen LogP contribution in [0.5, 0.6) is 0 Å². The number of carbonyl (C=O) groups is 2. The van der Waals surface area contributed by atoms with Gasteiger partial charge < -0.3 is 10.4 Å². The average molecular weight is 332 g/mol. The molecule has 4 atom stereocenters. The molecule has 1 amide bonds. The molecule has 0 aliphatic carbocycles. The number of benzene rings is 1. The molecule has 1 aliphatic heterocycles. The highest BCUT2D eigenvalue weighted by atomic mass is 16.4. The van der Waals surface area contributed by atoms with Crippen LogP contribution in [0.4, 0.5) is 0 Å². The normalized spacial score (nSPS) is 24.2. The summed E-state index contributed by atoms with van der Waals surface area (Å²) in [7, 11) is 0. The minimum Gasteiger partial charge on any atom is -0.481 e. The van der Waals surface area contributed by atoms with E-state index in [1.165, 1.54) is 0 Å². The highest BCUT2D eigenvalue weighted by molar-refractivity contribution is 5.82. The Morgan fingerprint density at radius 2 is 1.92 bits per heavy atom. The maximum absolute atomic E-state index is 12.6. The number of aryl methyl sites for hydroxylation is 1. The minimum atomic E-state index is -0.771. The zero-order chi connectivity index (χ0) is 17.9. The molecule has 1 aliphatic rings. The summed E-state index contributed by atoms with van der Waals surface area (Å²) in [4.78, 5) is 25.9. The van der Waals surface area contributed by atoms with E-state index in [1.54, 1.807) is 0 Å². The van der Waals surface area contributed by atoms with E-state index in [1.807, 2.05) is 56.9 Å². The summed E-state index contributed by atoms with van der Waals surface area (Å²) >= 11 is 0. The molecule has 0 spiro atoms. The molecule has 5 nitrogen and oxygen atoms in total. The van der Waals surface area contributed by atoms with E-state index in [2.05, 4.69) is 5.32 Å². The van der Waals surface area contributed by atoms with Crippen LogP contribution in [0.15, 0.2) is 24.3 Å². The van der Waals surface area contributed by atoms with Gasteiger partial charge in [0, 0.05) is 13.1 Å². The fourth-order valence-electron chi connectivity index (χ4n) is 3.54. The molecule has 24 heavy (non-hydrogen) atoms. The number of amides is 1. The molecule has 0 radical (unpaired) electrons. The van der Waals surface area contributed by atoms with Gasteiger partial charge in [0.05, 0.1) is 18.0 Å². The predicted octanol–water partition coefficient (Wildman–Crippen LogP) is 2.60. The van der Waals surface area contributed by atoms with Crippen molar-refractivity contribution < 1.29 is 14.7 Å². The van der Waals surface area contributed by atoms with Crippen LogP contribution in [0.3, 0.4) is 0 Å². The molecule has 2 N–H and O–H groups in total. The maximum atomic E-state index is 12.6. The van der Waals surface area contributed by atoms with E-state index in [4.69, 9.17) is 0 Å². The van der Waals surface area contributed by atoms with Crippen molar-refractivity contribution in [3.05, 3.63) is 35.4 Å². The Hall–Kier alpha value is -1.88. The number of piperidine rings is 1. The first-order chi connectivity index (χ1) is 11.3. The first-order valence-electron chi connectivity index (χ1n) is 8.62. The molecule has 5 heteroatoms. The van der Waals surface area contributed by atoms with Crippen LogP contribution in [-0.2, 0) is 9.59 Å². The lowest BCUT2D eigenvalue weighted by Gasteiger charge is -2.38. The summed E-state index contributed by atoms with van der Waals surface area (Å²) < 4.78 is 0. The lowest BCUT2D eigenvalue weighted by Crippen LogP contribution is -2.52. The molecule has 0 saturated carbocycles. The summed E-state index contributed by atoms with van der Waals surface area (Å²) in [5.41, 5.74) is 2.25. The van der Waals surface area contributed by atoms with Crippen LogP contribution in [0, 0.1) is 18.8 Å². The second-order valence-electron chi connectivity index (χ2n) is 7.09. The summed E-state index contributed by atoms with van der Waals surface area (Å²) in [6.45, 7) is 9.11. The Bertz CT molecular complexity index is 602. The van der Waals surface area contributed by atoms with Gasteiger partial charge in [-0.25, -0.2) is 0 Å². The second-order valence-corrected chi connectivity index (χ2v) is 7.09. The fraction of sp³-hybridized carbons (Fsp3) is 0.579. The first kappa shape index (κ1) is 18.5.